The van der Waals surface area contributed by atoms with Crippen LogP contribution in [0.5, 0.6) is 0 Å². The van der Waals surface area contributed by atoms with Crippen LogP contribution in [0.4, 0.5) is 0 Å². The summed E-state index contributed by atoms with van der Waals surface area (Å²) in [6.45, 7) is 25.5. The van der Waals surface area contributed by atoms with Crippen molar-refractivity contribution < 1.29 is 14.3 Å². The van der Waals surface area contributed by atoms with Crippen LogP contribution in [0.25, 0.3) is 0 Å². The maximum absolute atomic E-state index is 13.2. The summed E-state index contributed by atoms with van der Waals surface area (Å²) in [5.74, 6) is 0.152. The molecular formula is C31H48N2O3. The van der Waals surface area contributed by atoms with Gasteiger partial charge in [-0.25, -0.2) is 0 Å². The van der Waals surface area contributed by atoms with Crippen LogP contribution in [-0.2, 0) is 14.3 Å². The van der Waals surface area contributed by atoms with Crippen molar-refractivity contribution in [1.82, 2.24) is 9.80 Å². The zero-order chi connectivity index (χ0) is 26.9. The minimum atomic E-state index is -0.290. The predicted molar refractivity (Wildman–Crippen MR) is 146 cm³/mol. The van der Waals surface area contributed by atoms with Gasteiger partial charge in [0.15, 0.2) is 0 Å². The molecule has 1 aromatic rings. The van der Waals surface area contributed by atoms with E-state index in [9.17, 15) is 9.59 Å². The number of hydrogen-bond acceptors (Lipinski definition) is 4. The van der Waals surface area contributed by atoms with Gasteiger partial charge in [0.1, 0.15) is 6.23 Å². The maximum atomic E-state index is 13.2. The van der Waals surface area contributed by atoms with E-state index in [4.69, 9.17) is 4.74 Å². The van der Waals surface area contributed by atoms with Gasteiger partial charge in [0.05, 0.1) is 12.5 Å². The van der Waals surface area contributed by atoms with E-state index in [-0.39, 0.29) is 46.6 Å². The minimum absolute atomic E-state index is 0.00536. The molecule has 5 nitrogen and oxygen atoms in total. The van der Waals surface area contributed by atoms with Gasteiger partial charge < -0.3 is 4.74 Å². The fraction of sp³-hybridized carbons (Fsp3) is 0.677. The number of nitrogens with zero attached hydrogens (tertiary/aromatic N) is 2. The molecule has 2 saturated heterocycles. The highest BCUT2D eigenvalue weighted by Crippen LogP contribution is 2.57. The van der Waals surface area contributed by atoms with Crippen molar-refractivity contribution in [2.45, 2.75) is 80.9 Å². The Bertz CT molecular complexity index is 948. The summed E-state index contributed by atoms with van der Waals surface area (Å²) in [4.78, 5) is 29.7. The quantitative estimate of drug-likeness (QED) is 0.260. The second-order valence-electron chi connectivity index (χ2n) is 13.0. The van der Waals surface area contributed by atoms with E-state index < -0.39 is 0 Å². The molecule has 2 unspecified atom stereocenters. The summed E-state index contributed by atoms with van der Waals surface area (Å²) in [6, 6.07) is 10.1. The molecule has 0 spiro atoms. The highest BCUT2D eigenvalue weighted by molar-refractivity contribution is 6.03. The van der Waals surface area contributed by atoms with Crippen molar-refractivity contribution in [2.24, 2.45) is 28.1 Å². The Balaban J connectivity index is 1.58. The van der Waals surface area contributed by atoms with Crippen molar-refractivity contribution in [3.63, 3.8) is 0 Å². The number of hydrogen-bond donors (Lipinski definition) is 0. The van der Waals surface area contributed by atoms with Crippen LogP contribution in [0.1, 0.15) is 86.4 Å². The number of rotatable bonds is 11. The molecule has 2 fully saturated rings. The van der Waals surface area contributed by atoms with Crippen molar-refractivity contribution in [2.75, 3.05) is 26.2 Å². The molecule has 2 amide bonds. The van der Waals surface area contributed by atoms with Gasteiger partial charge in [-0.2, -0.15) is 0 Å². The molecule has 0 radical (unpaired) electrons. The average molecular weight is 497 g/mol. The van der Waals surface area contributed by atoms with Crippen LogP contribution < -0.4 is 0 Å². The molecule has 3 rings (SSSR count). The van der Waals surface area contributed by atoms with E-state index in [1.54, 1.807) is 0 Å². The number of amides is 2. The zero-order valence-electron chi connectivity index (χ0n) is 23.9. The largest absolute Gasteiger partial charge is 0.358 e. The van der Waals surface area contributed by atoms with Gasteiger partial charge in [-0.15, -0.1) is 0 Å². The van der Waals surface area contributed by atoms with E-state index in [2.05, 4.69) is 79.0 Å². The van der Waals surface area contributed by atoms with Gasteiger partial charge in [0.25, 0.3) is 0 Å². The molecule has 2 heterocycles. The summed E-state index contributed by atoms with van der Waals surface area (Å²) < 4.78 is 5.93. The molecule has 0 aromatic heterocycles. The molecule has 2 aliphatic heterocycles. The molecule has 0 N–H and O–H groups in total. The van der Waals surface area contributed by atoms with E-state index in [1.807, 2.05) is 18.2 Å². The van der Waals surface area contributed by atoms with Gasteiger partial charge in [0, 0.05) is 26.1 Å². The number of ether oxygens (including phenoxy) is 1. The Hall–Kier alpha value is -1.98. The lowest BCUT2D eigenvalue weighted by Crippen LogP contribution is -2.47. The second kappa shape index (κ2) is 10.8. The molecule has 5 heteroatoms. The van der Waals surface area contributed by atoms with Crippen molar-refractivity contribution in [3.05, 3.63) is 48.0 Å². The Morgan fingerprint density at radius 3 is 2.31 bits per heavy atom. The number of benzene rings is 1. The Morgan fingerprint density at radius 2 is 1.69 bits per heavy atom. The number of carbonyl (C=O) groups is 2. The molecule has 0 saturated carbocycles. The van der Waals surface area contributed by atoms with Gasteiger partial charge in [-0.1, -0.05) is 97.9 Å². The van der Waals surface area contributed by atoms with Crippen molar-refractivity contribution in [1.29, 1.82) is 0 Å². The number of likely N-dealkylation sites (tertiary alicyclic amines) is 1. The first-order valence-corrected chi connectivity index (χ1v) is 13.6. The average Bonchev–Trinajstić information content (AvgIpc) is 3.36. The van der Waals surface area contributed by atoms with Crippen LogP contribution in [-0.4, -0.2) is 47.9 Å². The van der Waals surface area contributed by atoms with E-state index in [0.717, 1.165) is 24.1 Å². The predicted octanol–water partition coefficient (Wildman–Crippen LogP) is 6.46. The number of allylic oxidation sites excluding steroid dienone is 1. The first kappa shape index (κ1) is 28.6. The summed E-state index contributed by atoms with van der Waals surface area (Å²) in [5, 5.41) is 0. The molecule has 0 aliphatic carbocycles. The molecular weight excluding hydrogens is 448 g/mol. The molecule has 1 aromatic carbocycles. The minimum Gasteiger partial charge on any atom is -0.358 e. The smallest absolute Gasteiger partial charge is 0.233 e. The summed E-state index contributed by atoms with van der Waals surface area (Å²) in [5.41, 5.74) is 2.38. The van der Waals surface area contributed by atoms with Crippen LogP contribution in [0.2, 0.25) is 0 Å². The Labute approximate surface area is 219 Å². The summed E-state index contributed by atoms with van der Waals surface area (Å²) in [6.07, 6.45) is 1.60. The normalized spacial score (nSPS) is 22.2. The fourth-order valence-electron chi connectivity index (χ4n) is 5.89. The lowest BCUT2D eigenvalue weighted by atomic mass is 9.50. The summed E-state index contributed by atoms with van der Waals surface area (Å²) >= 11 is 0. The van der Waals surface area contributed by atoms with Crippen molar-refractivity contribution in [3.8, 4) is 0 Å². The molecule has 2 aliphatic rings. The highest BCUT2D eigenvalue weighted by Gasteiger charge is 2.49. The van der Waals surface area contributed by atoms with Crippen LogP contribution in [0, 0.1) is 28.1 Å². The van der Waals surface area contributed by atoms with Gasteiger partial charge in [-0.3, -0.25) is 19.4 Å². The SMILES string of the molecule is C=C(CC1CC(=O)N(CCN2CCOC2c2ccccc2)C1=O)CC(C)(C)C(C)(C)C(C)(C)C(C)C. The highest BCUT2D eigenvalue weighted by atomic mass is 16.5. The van der Waals surface area contributed by atoms with Crippen molar-refractivity contribution >= 4 is 11.8 Å². The third-order valence-electron chi connectivity index (χ3n) is 9.99. The zero-order valence-corrected chi connectivity index (χ0v) is 23.9. The number of carbonyl (C=O) groups excluding carboxylic acids is 2. The van der Waals surface area contributed by atoms with E-state index >= 15 is 0 Å². The molecule has 200 valence electrons. The first-order chi connectivity index (χ1) is 16.7. The molecule has 0 bridgehead atoms. The Kier molecular flexibility index (Phi) is 8.57. The maximum Gasteiger partial charge on any atom is 0.233 e. The first-order valence-electron chi connectivity index (χ1n) is 13.6. The Morgan fingerprint density at radius 1 is 1.06 bits per heavy atom. The third-order valence-corrected chi connectivity index (χ3v) is 9.99. The lowest BCUT2D eigenvalue weighted by Gasteiger charge is -2.55. The van der Waals surface area contributed by atoms with Crippen LogP contribution in [0.15, 0.2) is 42.5 Å². The molecule has 36 heavy (non-hydrogen) atoms. The van der Waals surface area contributed by atoms with E-state index in [1.165, 1.54) is 4.90 Å². The second-order valence-corrected chi connectivity index (χ2v) is 13.0. The van der Waals surface area contributed by atoms with Gasteiger partial charge >= 0.3 is 0 Å². The topological polar surface area (TPSA) is 49.9 Å². The van der Waals surface area contributed by atoms with E-state index in [0.29, 0.717) is 32.0 Å². The standard InChI is InChI=1S/C31H48N2O3/c1-22(2)30(6,7)31(8,9)29(4,5)21-23(3)19-25-20-26(34)33(27(25)35)16-15-32-17-18-36-28(32)24-13-11-10-12-14-24/h10-14,22,25,28H,3,15-21H2,1-2,4-9H3. The number of imide groups is 1. The van der Waals surface area contributed by atoms with Gasteiger partial charge in [-0.05, 0) is 40.6 Å². The van der Waals surface area contributed by atoms with Crippen LogP contribution in [0.3, 0.4) is 0 Å². The lowest BCUT2D eigenvalue weighted by molar-refractivity contribution is -0.139. The fourth-order valence-corrected chi connectivity index (χ4v) is 5.89. The molecule has 2 atom stereocenters. The van der Waals surface area contributed by atoms with Gasteiger partial charge in [0.2, 0.25) is 11.8 Å². The third kappa shape index (κ3) is 5.62. The monoisotopic (exact) mass is 496 g/mol. The van der Waals surface area contributed by atoms with Crippen LogP contribution >= 0.6 is 0 Å². The summed E-state index contributed by atoms with van der Waals surface area (Å²) in [7, 11) is 0.